The molecular formula is C16H21NO4. The van der Waals surface area contributed by atoms with Gasteiger partial charge in [0.1, 0.15) is 6.61 Å². The molecule has 1 amide bonds. The van der Waals surface area contributed by atoms with E-state index in [4.69, 9.17) is 9.84 Å². The number of aliphatic carboxylic acids is 1. The van der Waals surface area contributed by atoms with Crippen LogP contribution in [-0.2, 0) is 16.1 Å². The molecule has 1 atom stereocenters. The van der Waals surface area contributed by atoms with Gasteiger partial charge in [0.2, 0.25) is 0 Å². The molecule has 1 unspecified atom stereocenters. The highest BCUT2D eigenvalue weighted by molar-refractivity contribution is 5.72. The summed E-state index contributed by atoms with van der Waals surface area (Å²) in [7, 11) is 0. The van der Waals surface area contributed by atoms with Gasteiger partial charge in [0.15, 0.2) is 0 Å². The summed E-state index contributed by atoms with van der Waals surface area (Å²) < 4.78 is 5.35. The van der Waals surface area contributed by atoms with Gasteiger partial charge in [0, 0.05) is 11.6 Å². The van der Waals surface area contributed by atoms with Crippen molar-refractivity contribution in [3.05, 3.63) is 35.9 Å². The average molecular weight is 291 g/mol. The molecule has 1 aliphatic heterocycles. The molecule has 0 saturated carbocycles. The molecule has 1 saturated heterocycles. The second kappa shape index (κ2) is 6.16. The number of amides is 1. The quantitative estimate of drug-likeness (QED) is 0.926. The number of carboxylic acids is 1. The van der Waals surface area contributed by atoms with E-state index in [0.29, 0.717) is 6.42 Å². The van der Waals surface area contributed by atoms with Gasteiger partial charge in [-0.15, -0.1) is 0 Å². The van der Waals surface area contributed by atoms with Crippen LogP contribution in [0.4, 0.5) is 4.79 Å². The van der Waals surface area contributed by atoms with E-state index in [0.717, 1.165) is 12.0 Å². The molecule has 1 aliphatic rings. The molecule has 1 aromatic rings. The van der Waals surface area contributed by atoms with Crippen molar-refractivity contribution in [1.29, 1.82) is 0 Å². The number of hydrogen-bond acceptors (Lipinski definition) is 3. The van der Waals surface area contributed by atoms with E-state index in [9.17, 15) is 9.59 Å². The number of nitrogens with zero attached hydrogens (tertiary/aromatic N) is 1. The van der Waals surface area contributed by atoms with Crippen LogP contribution in [0, 0.1) is 0 Å². The highest BCUT2D eigenvalue weighted by Gasteiger charge is 2.44. The maximum absolute atomic E-state index is 12.3. The van der Waals surface area contributed by atoms with Gasteiger partial charge in [-0.25, -0.2) is 4.79 Å². The minimum Gasteiger partial charge on any atom is -0.481 e. The monoisotopic (exact) mass is 291 g/mol. The number of ether oxygens (including phenoxy) is 1. The number of hydrogen-bond donors (Lipinski definition) is 1. The Balaban J connectivity index is 2.02. The van der Waals surface area contributed by atoms with Crippen molar-refractivity contribution in [2.24, 2.45) is 0 Å². The smallest absolute Gasteiger partial charge is 0.410 e. The maximum atomic E-state index is 12.3. The average Bonchev–Trinajstić information content (AvgIpc) is 2.71. The van der Waals surface area contributed by atoms with Crippen molar-refractivity contribution >= 4 is 12.1 Å². The van der Waals surface area contributed by atoms with Crippen molar-refractivity contribution in [3.8, 4) is 0 Å². The predicted molar refractivity (Wildman–Crippen MR) is 77.8 cm³/mol. The van der Waals surface area contributed by atoms with Crippen LogP contribution in [0.3, 0.4) is 0 Å². The molecule has 1 N–H and O–H groups in total. The molecular weight excluding hydrogens is 270 g/mol. The number of benzene rings is 1. The first-order valence-electron chi connectivity index (χ1n) is 7.12. The lowest BCUT2D eigenvalue weighted by atomic mass is 10.0. The molecule has 1 heterocycles. The summed E-state index contributed by atoms with van der Waals surface area (Å²) in [5.41, 5.74) is 0.547. The van der Waals surface area contributed by atoms with E-state index in [-0.39, 0.29) is 24.6 Å². The first-order chi connectivity index (χ1) is 9.90. The summed E-state index contributed by atoms with van der Waals surface area (Å²) in [6, 6.07) is 9.15. The fourth-order valence-corrected chi connectivity index (χ4v) is 2.84. The second-order valence-electron chi connectivity index (χ2n) is 6.01. The Hall–Kier alpha value is -2.04. The molecule has 0 aromatic heterocycles. The Morgan fingerprint density at radius 2 is 2.00 bits per heavy atom. The molecule has 2 rings (SSSR count). The number of carboxylic acid groups (broad SMARTS) is 1. The third-order valence-corrected chi connectivity index (χ3v) is 3.92. The zero-order valence-corrected chi connectivity index (χ0v) is 12.4. The van der Waals surface area contributed by atoms with Gasteiger partial charge >= 0.3 is 12.1 Å². The van der Waals surface area contributed by atoms with Gasteiger partial charge in [0.05, 0.1) is 6.42 Å². The predicted octanol–water partition coefficient (Wildman–Crippen LogP) is 3.04. The molecule has 114 valence electrons. The first-order valence-corrected chi connectivity index (χ1v) is 7.12. The van der Waals surface area contributed by atoms with Gasteiger partial charge in [-0.3, -0.25) is 9.69 Å². The summed E-state index contributed by atoms with van der Waals surface area (Å²) in [5, 5.41) is 8.97. The summed E-state index contributed by atoms with van der Waals surface area (Å²) in [5.74, 6) is -0.890. The SMILES string of the molecule is CC1(C)CCC(CC(=O)O)N1C(=O)OCc1ccccc1. The molecule has 0 aliphatic carbocycles. The Labute approximate surface area is 124 Å². The topological polar surface area (TPSA) is 66.8 Å². The third kappa shape index (κ3) is 3.74. The lowest BCUT2D eigenvalue weighted by Crippen LogP contribution is -2.47. The zero-order valence-electron chi connectivity index (χ0n) is 12.4. The van der Waals surface area contributed by atoms with Crippen molar-refractivity contribution in [2.75, 3.05) is 0 Å². The van der Waals surface area contributed by atoms with Crippen molar-refractivity contribution in [2.45, 2.75) is 51.3 Å². The third-order valence-electron chi connectivity index (χ3n) is 3.92. The highest BCUT2D eigenvalue weighted by atomic mass is 16.6. The van der Waals surface area contributed by atoms with Crippen molar-refractivity contribution < 1.29 is 19.4 Å². The highest BCUT2D eigenvalue weighted by Crippen LogP contribution is 2.35. The molecule has 1 aromatic carbocycles. The number of rotatable bonds is 4. The first kappa shape index (κ1) is 15.4. The molecule has 0 radical (unpaired) electrons. The fraction of sp³-hybridized carbons (Fsp3) is 0.500. The molecule has 0 bridgehead atoms. The summed E-state index contributed by atoms with van der Waals surface area (Å²) >= 11 is 0. The lowest BCUT2D eigenvalue weighted by molar-refractivity contribution is -0.138. The second-order valence-corrected chi connectivity index (χ2v) is 6.01. The van der Waals surface area contributed by atoms with Crippen LogP contribution in [0.1, 0.15) is 38.7 Å². The number of carbonyl (C=O) groups is 2. The number of carbonyl (C=O) groups excluding carboxylic acids is 1. The standard InChI is InChI=1S/C16H21NO4/c1-16(2)9-8-13(10-14(18)19)17(16)15(20)21-11-12-6-4-3-5-7-12/h3-7,13H,8-11H2,1-2H3,(H,18,19). The Bertz CT molecular complexity index is 512. The maximum Gasteiger partial charge on any atom is 0.410 e. The lowest BCUT2D eigenvalue weighted by Gasteiger charge is -2.34. The van der Waals surface area contributed by atoms with Crippen LogP contribution in [0.2, 0.25) is 0 Å². The summed E-state index contributed by atoms with van der Waals surface area (Å²) in [6.45, 7) is 4.09. The summed E-state index contributed by atoms with van der Waals surface area (Å²) in [4.78, 5) is 24.9. The molecule has 5 heteroatoms. The van der Waals surface area contributed by atoms with E-state index in [1.54, 1.807) is 4.90 Å². The number of likely N-dealkylation sites (tertiary alicyclic amines) is 1. The fourth-order valence-electron chi connectivity index (χ4n) is 2.84. The van der Waals surface area contributed by atoms with Crippen LogP contribution >= 0.6 is 0 Å². The van der Waals surface area contributed by atoms with Gasteiger partial charge in [-0.2, -0.15) is 0 Å². The molecule has 21 heavy (non-hydrogen) atoms. The minimum atomic E-state index is -0.890. The van der Waals surface area contributed by atoms with E-state index >= 15 is 0 Å². The Morgan fingerprint density at radius 1 is 1.33 bits per heavy atom. The van der Waals surface area contributed by atoms with Crippen LogP contribution < -0.4 is 0 Å². The molecule has 0 spiro atoms. The van der Waals surface area contributed by atoms with Gasteiger partial charge in [-0.1, -0.05) is 30.3 Å². The molecule has 1 fully saturated rings. The van der Waals surface area contributed by atoms with Gasteiger partial charge in [0.25, 0.3) is 0 Å². The van der Waals surface area contributed by atoms with E-state index in [1.165, 1.54) is 0 Å². The van der Waals surface area contributed by atoms with Crippen molar-refractivity contribution in [1.82, 2.24) is 4.90 Å². The van der Waals surface area contributed by atoms with Crippen LogP contribution in [-0.4, -0.2) is 33.6 Å². The van der Waals surface area contributed by atoms with Crippen LogP contribution in [0.25, 0.3) is 0 Å². The minimum absolute atomic E-state index is 0.0378. The van der Waals surface area contributed by atoms with Crippen molar-refractivity contribution in [3.63, 3.8) is 0 Å². The Kier molecular flexibility index (Phi) is 4.50. The summed E-state index contributed by atoms with van der Waals surface area (Å²) in [6.07, 6.45) is 1.00. The van der Waals surface area contributed by atoms with Gasteiger partial charge in [-0.05, 0) is 32.3 Å². The van der Waals surface area contributed by atoms with E-state index in [2.05, 4.69) is 0 Å². The van der Waals surface area contributed by atoms with Crippen LogP contribution in [0.15, 0.2) is 30.3 Å². The van der Waals surface area contributed by atoms with E-state index in [1.807, 2.05) is 44.2 Å². The van der Waals surface area contributed by atoms with Crippen LogP contribution in [0.5, 0.6) is 0 Å². The molecule has 5 nitrogen and oxygen atoms in total. The normalized spacial score (nSPS) is 20.3. The van der Waals surface area contributed by atoms with E-state index < -0.39 is 12.1 Å². The Morgan fingerprint density at radius 3 is 2.62 bits per heavy atom. The zero-order chi connectivity index (χ0) is 15.5. The largest absolute Gasteiger partial charge is 0.481 e. The van der Waals surface area contributed by atoms with Gasteiger partial charge < -0.3 is 9.84 Å².